The summed E-state index contributed by atoms with van der Waals surface area (Å²) in [7, 11) is -4.02. The van der Waals surface area contributed by atoms with Crippen LogP contribution in [0.2, 0.25) is 0 Å². The number of carboxylic acids is 1. The smallest absolute Gasteiger partial charge is 0.352 e. The molecule has 0 saturated heterocycles. The minimum absolute atomic E-state index is 0.108. The number of para-hydroxylation sites is 1. The molecule has 9 heteroatoms. The number of carbonyl (C=O) groups excluding carboxylic acids is 1. The third-order valence-electron chi connectivity index (χ3n) is 2.95. The van der Waals surface area contributed by atoms with E-state index in [1.807, 2.05) is 0 Å². The largest absolute Gasteiger partial charge is 0.477 e. The Morgan fingerprint density at radius 2 is 1.96 bits per heavy atom. The second-order valence-corrected chi connectivity index (χ2v) is 6.25. The lowest BCUT2D eigenvalue weighted by Crippen LogP contribution is -2.24. The quantitative estimate of drug-likeness (QED) is 0.631. The number of H-pyrrole nitrogens is 1. The van der Waals surface area contributed by atoms with Gasteiger partial charge in [0.25, 0.3) is 15.9 Å². The van der Waals surface area contributed by atoms with Crippen LogP contribution >= 0.6 is 0 Å². The van der Waals surface area contributed by atoms with Crippen LogP contribution in [0.3, 0.4) is 0 Å². The summed E-state index contributed by atoms with van der Waals surface area (Å²) in [5, 5.41) is 11.4. The highest BCUT2D eigenvalue weighted by Gasteiger charge is 2.20. The summed E-state index contributed by atoms with van der Waals surface area (Å²) in [6, 6.07) is 7.14. The Kier molecular flexibility index (Phi) is 4.70. The minimum Gasteiger partial charge on any atom is -0.477 e. The van der Waals surface area contributed by atoms with Crippen LogP contribution in [-0.4, -0.2) is 36.9 Å². The molecule has 0 radical (unpaired) electrons. The molecule has 1 aromatic carbocycles. The number of hydrogen-bond acceptors (Lipinski definition) is 4. The number of sulfonamides is 1. The fourth-order valence-electron chi connectivity index (χ4n) is 1.88. The predicted octanol–water partition coefficient (Wildman–Crippen LogP) is 1.26. The molecule has 0 fully saturated rings. The number of aromatic amines is 1. The van der Waals surface area contributed by atoms with Crippen molar-refractivity contribution in [3.63, 3.8) is 0 Å². The van der Waals surface area contributed by atoms with Crippen LogP contribution < -0.4 is 10.0 Å². The maximum Gasteiger partial charge on any atom is 0.352 e. The first-order valence-electron chi connectivity index (χ1n) is 6.67. The number of anilines is 1. The fourth-order valence-corrected chi connectivity index (χ4v) is 2.96. The fraction of sp³-hybridized carbons (Fsp3) is 0.143. The van der Waals surface area contributed by atoms with E-state index in [0.717, 1.165) is 12.3 Å². The Balaban J connectivity index is 2.34. The highest BCUT2D eigenvalue weighted by Crippen LogP contribution is 2.20. The number of benzene rings is 1. The van der Waals surface area contributed by atoms with E-state index in [4.69, 9.17) is 5.11 Å². The number of aromatic carboxylic acids is 1. The number of amides is 1. The van der Waals surface area contributed by atoms with Crippen molar-refractivity contribution in [3.05, 3.63) is 47.8 Å². The van der Waals surface area contributed by atoms with Crippen molar-refractivity contribution in [2.45, 2.75) is 11.8 Å². The van der Waals surface area contributed by atoms with Gasteiger partial charge in [0.05, 0.1) is 11.3 Å². The van der Waals surface area contributed by atoms with E-state index in [0.29, 0.717) is 6.54 Å². The topological polar surface area (TPSA) is 128 Å². The van der Waals surface area contributed by atoms with Crippen molar-refractivity contribution in [1.29, 1.82) is 0 Å². The second-order valence-electron chi connectivity index (χ2n) is 4.56. The van der Waals surface area contributed by atoms with Gasteiger partial charge in [-0.25, -0.2) is 13.2 Å². The van der Waals surface area contributed by atoms with Crippen molar-refractivity contribution in [2.24, 2.45) is 0 Å². The van der Waals surface area contributed by atoms with Crippen LogP contribution in [0.15, 0.2) is 41.4 Å². The molecule has 0 bridgehead atoms. The molecule has 1 aromatic heterocycles. The molecule has 23 heavy (non-hydrogen) atoms. The average Bonchev–Trinajstić information content (AvgIpc) is 2.98. The van der Waals surface area contributed by atoms with Crippen molar-refractivity contribution in [2.75, 3.05) is 11.3 Å². The van der Waals surface area contributed by atoms with Crippen LogP contribution in [0.5, 0.6) is 0 Å². The summed E-state index contributed by atoms with van der Waals surface area (Å²) in [6.07, 6.45) is 1.07. The Morgan fingerprint density at radius 3 is 2.57 bits per heavy atom. The molecule has 0 aliphatic rings. The van der Waals surface area contributed by atoms with Crippen LogP contribution in [0.4, 0.5) is 5.69 Å². The molecule has 1 amide bonds. The zero-order valence-electron chi connectivity index (χ0n) is 12.2. The first-order valence-corrected chi connectivity index (χ1v) is 8.15. The minimum atomic E-state index is -4.02. The highest BCUT2D eigenvalue weighted by molar-refractivity contribution is 7.92. The lowest BCUT2D eigenvalue weighted by atomic mass is 10.2. The number of nitrogens with one attached hydrogen (secondary N) is 3. The van der Waals surface area contributed by atoms with Crippen LogP contribution in [0.25, 0.3) is 0 Å². The van der Waals surface area contributed by atoms with Gasteiger partial charge in [0.2, 0.25) is 0 Å². The van der Waals surface area contributed by atoms with Gasteiger partial charge in [0, 0.05) is 12.7 Å². The van der Waals surface area contributed by atoms with E-state index >= 15 is 0 Å². The standard InChI is InChI=1S/C14H15N3O5S/c1-2-15-13(18)10-5-3-4-6-11(10)17-23(21,22)9-7-12(14(19)20)16-8-9/h3-8,16-17H,2H2,1H3,(H,15,18)(H,19,20). The number of carbonyl (C=O) groups is 2. The number of carboxylic acid groups (broad SMARTS) is 1. The van der Waals surface area contributed by atoms with E-state index in [1.165, 1.54) is 12.1 Å². The molecule has 8 nitrogen and oxygen atoms in total. The molecule has 1 heterocycles. The Bertz CT molecular complexity index is 842. The Morgan fingerprint density at radius 1 is 1.26 bits per heavy atom. The molecule has 2 aromatic rings. The van der Waals surface area contributed by atoms with Gasteiger partial charge in [-0.2, -0.15) is 0 Å². The molecule has 0 saturated carbocycles. The van der Waals surface area contributed by atoms with Crippen LogP contribution in [0, 0.1) is 0 Å². The van der Waals surface area contributed by atoms with Gasteiger partial charge in [-0.05, 0) is 25.1 Å². The zero-order valence-corrected chi connectivity index (χ0v) is 13.0. The van der Waals surface area contributed by atoms with Crippen LogP contribution in [-0.2, 0) is 10.0 Å². The number of rotatable bonds is 6. The summed E-state index contributed by atoms with van der Waals surface area (Å²) in [6.45, 7) is 2.15. The first kappa shape index (κ1) is 16.6. The zero-order chi connectivity index (χ0) is 17.0. The summed E-state index contributed by atoms with van der Waals surface area (Å²) in [5.74, 6) is -1.68. The molecule has 0 unspecified atom stereocenters. The van der Waals surface area contributed by atoms with E-state index in [-0.39, 0.29) is 21.8 Å². The molecule has 0 atom stereocenters. The molecular formula is C14H15N3O5S. The van der Waals surface area contributed by atoms with Crippen molar-refractivity contribution in [3.8, 4) is 0 Å². The Labute approximate surface area is 132 Å². The lowest BCUT2D eigenvalue weighted by molar-refractivity contribution is 0.0691. The molecule has 0 aliphatic carbocycles. The van der Waals surface area contributed by atoms with Gasteiger partial charge in [0.1, 0.15) is 10.6 Å². The normalized spacial score (nSPS) is 11.0. The van der Waals surface area contributed by atoms with Crippen molar-refractivity contribution >= 4 is 27.6 Å². The predicted molar refractivity (Wildman–Crippen MR) is 83.0 cm³/mol. The molecule has 0 aliphatic heterocycles. The molecule has 0 spiro atoms. The van der Waals surface area contributed by atoms with Gasteiger partial charge in [-0.15, -0.1) is 0 Å². The summed E-state index contributed by atoms with van der Waals surface area (Å²) in [4.78, 5) is 24.9. The van der Waals surface area contributed by atoms with E-state index in [1.54, 1.807) is 19.1 Å². The van der Waals surface area contributed by atoms with E-state index in [9.17, 15) is 18.0 Å². The lowest BCUT2D eigenvalue weighted by Gasteiger charge is -2.11. The Hall–Kier alpha value is -2.81. The number of hydrogen-bond donors (Lipinski definition) is 4. The maximum atomic E-state index is 12.3. The number of aromatic nitrogens is 1. The molecule has 122 valence electrons. The van der Waals surface area contributed by atoms with Crippen LogP contribution in [0.1, 0.15) is 27.8 Å². The highest BCUT2D eigenvalue weighted by atomic mass is 32.2. The second kappa shape index (κ2) is 6.53. The van der Waals surface area contributed by atoms with Crippen molar-refractivity contribution < 1.29 is 23.1 Å². The van der Waals surface area contributed by atoms with Gasteiger partial charge in [-0.1, -0.05) is 12.1 Å². The summed E-state index contributed by atoms with van der Waals surface area (Å²) in [5.41, 5.74) is 0.0332. The monoisotopic (exact) mass is 337 g/mol. The maximum absolute atomic E-state index is 12.3. The summed E-state index contributed by atoms with van der Waals surface area (Å²) < 4.78 is 26.9. The SMILES string of the molecule is CCNC(=O)c1ccccc1NS(=O)(=O)c1c[nH]c(C(=O)O)c1. The summed E-state index contributed by atoms with van der Waals surface area (Å²) >= 11 is 0. The van der Waals surface area contributed by atoms with E-state index < -0.39 is 21.9 Å². The third kappa shape index (κ3) is 3.69. The third-order valence-corrected chi connectivity index (χ3v) is 4.30. The van der Waals surface area contributed by atoms with Gasteiger partial charge in [-0.3, -0.25) is 9.52 Å². The van der Waals surface area contributed by atoms with Crippen molar-refractivity contribution in [1.82, 2.24) is 10.3 Å². The van der Waals surface area contributed by atoms with Gasteiger partial charge < -0.3 is 15.4 Å². The molecule has 2 rings (SSSR count). The van der Waals surface area contributed by atoms with Gasteiger partial charge in [0.15, 0.2) is 0 Å². The average molecular weight is 337 g/mol. The molecule has 4 N–H and O–H groups in total. The molecular weight excluding hydrogens is 322 g/mol. The van der Waals surface area contributed by atoms with Gasteiger partial charge >= 0.3 is 5.97 Å². The first-order chi connectivity index (χ1) is 10.8. The van der Waals surface area contributed by atoms with E-state index in [2.05, 4.69) is 15.0 Å².